The van der Waals surface area contributed by atoms with Gasteiger partial charge in [0, 0.05) is 22.7 Å². The Kier molecular flexibility index (Phi) is 6.03. The molecule has 0 bridgehead atoms. The summed E-state index contributed by atoms with van der Waals surface area (Å²) < 4.78 is 17.2. The second-order valence-electron chi connectivity index (χ2n) is 4.47. The fourth-order valence-corrected chi connectivity index (χ4v) is 3.47. The quantitative estimate of drug-likeness (QED) is 0.798. The Labute approximate surface area is 136 Å². The summed E-state index contributed by atoms with van der Waals surface area (Å²) in [6.07, 6.45) is 2.26. The van der Waals surface area contributed by atoms with E-state index in [1.165, 1.54) is 6.20 Å². The Hall–Kier alpha value is -1.10. The normalized spacial score (nSPS) is 12.1. The van der Waals surface area contributed by atoms with Crippen LogP contribution < -0.4 is 4.74 Å². The first-order chi connectivity index (χ1) is 10.1. The van der Waals surface area contributed by atoms with E-state index in [1.54, 1.807) is 13.2 Å². The van der Waals surface area contributed by atoms with Crippen molar-refractivity contribution in [3.8, 4) is 5.75 Å². The van der Waals surface area contributed by atoms with E-state index in [2.05, 4.69) is 4.98 Å². The summed E-state index contributed by atoms with van der Waals surface area (Å²) in [5.41, 5.74) is 1.74. The van der Waals surface area contributed by atoms with Crippen LogP contribution in [0.3, 0.4) is 0 Å². The average molecular weight is 344 g/mol. The lowest BCUT2D eigenvalue weighted by atomic mass is 10.2. The molecular formula is C15H15Cl2NO2S. The van der Waals surface area contributed by atoms with Crippen LogP contribution in [0.5, 0.6) is 5.75 Å². The van der Waals surface area contributed by atoms with E-state index in [1.807, 2.05) is 24.3 Å². The van der Waals surface area contributed by atoms with Crippen LogP contribution in [0.25, 0.3) is 0 Å². The minimum atomic E-state index is -1.02. The number of hydrogen-bond acceptors (Lipinski definition) is 3. The van der Waals surface area contributed by atoms with Crippen molar-refractivity contribution in [2.24, 2.45) is 0 Å². The highest BCUT2D eigenvalue weighted by Gasteiger charge is 2.08. The Balaban J connectivity index is 1.89. The van der Waals surface area contributed by atoms with Crippen LogP contribution in [0.1, 0.15) is 11.3 Å². The molecule has 1 atom stereocenters. The lowest BCUT2D eigenvalue weighted by Gasteiger charge is -2.05. The molecule has 0 amide bonds. The maximum absolute atomic E-state index is 12.1. The van der Waals surface area contributed by atoms with Crippen molar-refractivity contribution >= 4 is 34.0 Å². The number of hydrogen-bond donors (Lipinski definition) is 0. The summed E-state index contributed by atoms with van der Waals surface area (Å²) >= 11 is 11.8. The van der Waals surface area contributed by atoms with Gasteiger partial charge in [-0.3, -0.25) is 9.19 Å². The second-order valence-corrected chi connectivity index (χ2v) is 6.89. The summed E-state index contributed by atoms with van der Waals surface area (Å²) in [6, 6.07) is 9.37. The molecule has 0 N–H and O–H groups in total. The third-order valence-electron chi connectivity index (χ3n) is 2.96. The lowest BCUT2D eigenvalue weighted by molar-refractivity contribution is 0.414. The molecule has 0 aliphatic heterocycles. The van der Waals surface area contributed by atoms with E-state index in [0.29, 0.717) is 27.2 Å². The topological polar surface area (TPSA) is 39.2 Å². The van der Waals surface area contributed by atoms with E-state index in [-0.39, 0.29) is 0 Å². The van der Waals surface area contributed by atoms with E-state index in [9.17, 15) is 4.21 Å². The molecule has 1 aromatic heterocycles. The Morgan fingerprint density at radius 3 is 2.57 bits per heavy atom. The molecule has 0 spiro atoms. The molecule has 0 fully saturated rings. The van der Waals surface area contributed by atoms with E-state index < -0.39 is 10.8 Å². The fraction of sp³-hybridized carbons (Fsp3) is 0.267. The number of methoxy groups -OCH3 is 1. The van der Waals surface area contributed by atoms with Crippen molar-refractivity contribution in [3.05, 3.63) is 57.8 Å². The van der Waals surface area contributed by atoms with Crippen LogP contribution in [0.2, 0.25) is 10.0 Å². The highest BCUT2D eigenvalue weighted by molar-refractivity contribution is 7.84. The number of aryl methyl sites for hydroxylation is 1. The number of benzene rings is 1. The van der Waals surface area contributed by atoms with Gasteiger partial charge in [0.05, 0.1) is 28.6 Å². The van der Waals surface area contributed by atoms with E-state index in [4.69, 9.17) is 27.9 Å². The van der Waals surface area contributed by atoms with Gasteiger partial charge in [-0.05, 0) is 30.2 Å². The summed E-state index contributed by atoms with van der Waals surface area (Å²) in [7, 11) is 0.615. The third-order valence-corrected chi connectivity index (χ3v) is 4.75. The van der Waals surface area contributed by atoms with Gasteiger partial charge in [0.15, 0.2) is 0 Å². The van der Waals surface area contributed by atoms with Crippen LogP contribution in [0, 0.1) is 0 Å². The van der Waals surface area contributed by atoms with Crippen LogP contribution in [-0.4, -0.2) is 22.1 Å². The van der Waals surface area contributed by atoms with Gasteiger partial charge in [-0.25, -0.2) is 0 Å². The molecule has 0 saturated carbocycles. The van der Waals surface area contributed by atoms with Gasteiger partial charge in [0.1, 0.15) is 5.75 Å². The predicted molar refractivity (Wildman–Crippen MR) is 87.7 cm³/mol. The van der Waals surface area contributed by atoms with Crippen molar-refractivity contribution < 1.29 is 8.95 Å². The molecule has 0 aliphatic carbocycles. The van der Waals surface area contributed by atoms with Crippen molar-refractivity contribution in [1.29, 1.82) is 0 Å². The number of aromatic nitrogens is 1. The Bertz CT molecular complexity index is 632. The Morgan fingerprint density at radius 1 is 1.24 bits per heavy atom. The largest absolute Gasteiger partial charge is 0.497 e. The van der Waals surface area contributed by atoms with Crippen LogP contribution in [-0.2, 0) is 23.0 Å². The van der Waals surface area contributed by atoms with E-state index >= 15 is 0 Å². The summed E-state index contributed by atoms with van der Waals surface area (Å²) in [4.78, 5) is 4.12. The van der Waals surface area contributed by atoms with Crippen molar-refractivity contribution in [1.82, 2.24) is 4.98 Å². The number of halogens is 2. The highest BCUT2D eigenvalue weighted by Crippen LogP contribution is 2.20. The molecule has 0 radical (unpaired) electrons. The zero-order valence-corrected chi connectivity index (χ0v) is 13.8. The van der Waals surface area contributed by atoms with Gasteiger partial charge in [-0.1, -0.05) is 35.3 Å². The molecule has 21 heavy (non-hydrogen) atoms. The highest BCUT2D eigenvalue weighted by atomic mass is 35.5. The molecule has 6 heteroatoms. The molecule has 2 aromatic rings. The number of pyridine rings is 1. The molecule has 1 heterocycles. The van der Waals surface area contributed by atoms with Crippen molar-refractivity contribution in [3.63, 3.8) is 0 Å². The maximum atomic E-state index is 12.1. The minimum absolute atomic E-state index is 0.339. The molecular weight excluding hydrogens is 329 g/mol. The monoisotopic (exact) mass is 343 g/mol. The predicted octanol–water partition coefficient (Wildman–Crippen LogP) is 3.89. The zero-order chi connectivity index (χ0) is 15.2. The average Bonchev–Trinajstić information content (AvgIpc) is 2.48. The van der Waals surface area contributed by atoms with E-state index in [0.717, 1.165) is 17.7 Å². The molecule has 1 aromatic carbocycles. The van der Waals surface area contributed by atoms with Gasteiger partial charge in [-0.15, -0.1) is 0 Å². The third kappa shape index (κ3) is 4.99. The molecule has 0 aliphatic rings. The Morgan fingerprint density at radius 2 is 1.95 bits per heavy atom. The second kappa shape index (κ2) is 7.78. The SMILES string of the molecule is COc1ccc(CC[S@](=O)Cc2ncc(Cl)cc2Cl)cc1. The smallest absolute Gasteiger partial charge is 0.118 e. The van der Waals surface area contributed by atoms with Crippen molar-refractivity contribution in [2.45, 2.75) is 12.2 Å². The minimum Gasteiger partial charge on any atom is -0.497 e. The van der Waals surface area contributed by atoms with Crippen LogP contribution in [0.4, 0.5) is 0 Å². The lowest BCUT2D eigenvalue weighted by Crippen LogP contribution is -2.05. The molecule has 3 nitrogen and oxygen atoms in total. The van der Waals surface area contributed by atoms with Gasteiger partial charge in [0.25, 0.3) is 0 Å². The van der Waals surface area contributed by atoms with Gasteiger partial charge < -0.3 is 4.74 Å². The number of nitrogens with zero attached hydrogens (tertiary/aromatic N) is 1. The fourth-order valence-electron chi connectivity index (χ4n) is 1.80. The van der Waals surface area contributed by atoms with Crippen molar-refractivity contribution in [2.75, 3.05) is 12.9 Å². The van der Waals surface area contributed by atoms with Crippen LogP contribution in [0.15, 0.2) is 36.5 Å². The molecule has 112 valence electrons. The first kappa shape index (κ1) is 16.3. The summed E-state index contributed by atoms with van der Waals surface area (Å²) in [6.45, 7) is 0. The maximum Gasteiger partial charge on any atom is 0.118 e. The zero-order valence-electron chi connectivity index (χ0n) is 11.5. The standard InChI is InChI=1S/C15H15Cl2NO2S/c1-20-13-4-2-11(3-5-13)6-7-21(19)10-15-14(17)8-12(16)9-18-15/h2-5,8-9H,6-7,10H2,1H3/t21-/m0/s1. The number of rotatable bonds is 6. The van der Waals surface area contributed by atoms with Gasteiger partial charge in [0.2, 0.25) is 0 Å². The van der Waals surface area contributed by atoms with Gasteiger partial charge in [-0.2, -0.15) is 0 Å². The summed E-state index contributed by atoms with van der Waals surface area (Å²) in [5.74, 6) is 1.72. The first-order valence-electron chi connectivity index (χ1n) is 6.36. The molecule has 0 unspecified atom stereocenters. The molecule has 2 rings (SSSR count). The number of ether oxygens (including phenoxy) is 1. The summed E-state index contributed by atoms with van der Waals surface area (Å²) in [5, 5.41) is 0.938. The van der Waals surface area contributed by atoms with Gasteiger partial charge >= 0.3 is 0 Å². The van der Waals surface area contributed by atoms with Crippen LogP contribution >= 0.6 is 23.2 Å². The molecule has 0 saturated heterocycles. The first-order valence-corrected chi connectivity index (χ1v) is 8.60.